The lowest BCUT2D eigenvalue weighted by Gasteiger charge is -2.35. The van der Waals surface area contributed by atoms with E-state index in [1.165, 1.54) is 4.68 Å². The summed E-state index contributed by atoms with van der Waals surface area (Å²) in [6.07, 6.45) is 2.47. The Labute approximate surface area is 205 Å². The Morgan fingerprint density at radius 2 is 1.89 bits per heavy atom. The number of nitrogens with one attached hydrogen (secondary N) is 1. The van der Waals surface area contributed by atoms with Crippen LogP contribution < -0.4 is 15.8 Å². The highest BCUT2D eigenvalue weighted by atomic mass is 16.5. The van der Waals surface area contributed by atoms with Crippen LogP contribution >= 0.6 is 0 Å². The zero-order valence-electron chi connectivity index (χ0n) is 20.3. The minimum atomic E-state index is -0.150. The van der Waals surface area contributed by atoms with Crippen LogP contribution in [0.5, 0.6) is 0 Å². The summed E-state index contributed by atoms with van der Waals surface area (Å²) >= 11 is 0. The largest absolute Gasteiger partial charge is 0.383 e. The third-order valence-electron chi connectivity index (χ3n) is 6.61. The van der Waals surface area contributed by atoms with Crippen LogP contribution in [-0.4, -0.2) is 97.5 Å². The molecule has 1 aromatic carbocycles. The number of hydrogen-bond acceptors (Lipinski definition) is 7. The van der Waals surface area contributed by atoms with Crippen molar-refractivity contribution in [2.24, 2.45) is 5.92 Å². The van der Waals surface area contributed by atoms with Crippen molar-refractivity contribution in [3.05, 3.63) is 58.5 Å². The number of anilines is 1. The number of rotatable bonds is 9. The number of carbonyl (C=O) groups excluding carboxylic acids is 2. The molecule has 1 N–H and O–H groups in total. The Morgan fingerprint density at radius 3 is 2.60 bits per heavy atom. The lowest BCUT2D eigenvalue weighted by atomic mass is 10.1. The van der Waals surface area contributed by atoms with Gasteiger partial charge >= 0.3 is 0 Å². The lowest BCUT2D eigenvalue weighted by molar-refractivity contribution is -0.136. The molecule has 10 nitrogen and oxygen atoms in total. The van der Waals surface area contributed by atoms with E-state index in [4.69, 9.17) is 4.74 Å². The van der Waals surface area contributed by atoms with E-state index < -0.39 is 0 Å². The minimum absolute atomic E-state index is 0.0208. The van der Waals surface area contributed by atoms with Crippen molar-refractivity contribution in [3.63, 3.8) is 0 Å². The second-order valence-electron chi connectivity index (χ2n) is 9.07. The Morgan fingerprint density at radius 1 is 1.11 bits per heavy atom. The van der Waals surface area contributed by atoms with Crippen molar-refractivity contribution in [2.75, 3.05) is 71.0 Å². The summed E-state index contributed by atoms with van der Waals surface area (Å²) in [5.74, 6) is 0.0419. The quantitative estimate of drug-likeness (QED) is 0.503. The summed E-state index contributed by atoms with van der Waals surface area (Å²) in [6.45, 7) is 5.70. The average molecular weight is 483 g/mol. The van der Waals surface area contributed by atoms with Gasteiger partial charge in [-0.25, -0.2) is 4.68 Å². The summed E-state index contributed by atoms with van der Waals surface area (Å²) < 4.78 is 6.40. The zero-order valence-corrected chi connectivity index (χ0v) is 20.3. The van der Waals surface area contributed by atoms with E-state index in [-0.39, 0.29) is 23.3 Å². The summed E-state index contributed by atoms with van der Waals surface area (Å²) in [6, 6.07) is 11.4. The maximum atomic E-state index is 13.1. The number of methoxy groups -OCH3 is 1. The number of piperazine rings is 1. The summed E-state index contributed by atoms with van der Waals surface area (Å²) in [5.41, 5.74) is 1.64. The molecule has 2 fully saturated rings. The fraction of sp³-hybridized carbons (Fsp3) is 0.520. The van der Waals surface area contributed by atoms with Gasteiger partial charge in [-0.1, -0.05) is 30.3 Å². The first-order valence-electron chi connectivity index (χ1n) is 12.2. The van der Waals surface area contributed by atoms with Gasteiger partial charge in [0.1, 0.15) is 0 Å². The van der Waals surface area contributed by atoms with Gasteiger partial charge in [-0.2, -0.15) is 5.10 Å². The SMILES string of the molecule is COCCNC(=O)CN1CCN(C(=O)C2CCN(c3cnn(Cc4ccccc4)c(=O)c3)C2)CC1. The standard InChI is InChI=1S/C25H34N6O4/c1-35-14-8-26-23(32)19-28-10-12-29(13-11-28)25(34)21-7-9-30(18-21)22-15-24(33)31(27-16-22)17-20-5-3-2-4-6-20/h2-6,15-16,21H,7-14,17-19H2,1H3,(H,26,32). The molecule has 0 bridgehead atoms. The van der Waals surface area contributed by atoms with E-state index in [9.17, 15) is 14.4 Å². The first-order chi connectivity index (χ1) is 17.0. The van der Waals surface area contributed by atoms with Gasteiger partial charge in [0, 0.05) is 59.0 Å². The van der Waals surface area contributed by atoms with Crippen molar-refractivity contribution in [1.29, 1.82) is 0 Å². The lowest BCUT2D eigenvalue weighted by Crippen LogP contribution is -2.52. The van der Waals surface area contributed by atoms with E-state index in [0.717, 1.165) is 24.2 Å². The maximum absolute atomic E-state index is 13.1. The zero-order chi connectivity index (χ0) is 24.6. The molecule has 2 amide bonds. The van der Waals surface area contributed by atoms with E-state index in [1.807, 2.05) is 35.2 Å². The minimum Gasteiger partial charge on any atom is -0.383 e. The van der Waals surface area contributed by atoms with E-state index in [1.54, 1.807) is 19.4 Å². The number of carbonyl (C=O) groups is 2. The van der Waals surface area contributed by atoms with Crippen LogP contribution in [0.15, 0.2) is 47.4 Å². The molecule has 0 aliphatic carbocycles. The predicted octanol–water partition coefficient (Wildman–Crippen LogP) is 0.0247. The highest BCUT2D eigenvalue weighted by Gasteiger charge is 2.33. The molecule has 1 unspecified atom stereocenters. The predicted molar refractivity (Wildman–Crippen MR) is 132 cm³/mol. The second kappa shape index (κ2) is 11.9. The van der Waals surface area contributed by atoms with Crippen LogP contribution in [0.1, 0.15) is 12.0 Å². The molecule has 35 heavy (non-hydrogen) atoms. The van der Waals surface area contributed by atoms with Gasteiger partial charge in [-0.3, -0.25) is 19.3 Å². The van der Waals surface area contributed by atoms with Gasteiger partial charge in [-0.15, -0.1) is 0 Å². The highest BCUT2D eigenvalue weighted by Crippen LogP contribution is 2.24. The third kappa shape index (κ3) is 6.67. The topological polar surface area (TPSA) is 100 Å². The number of benzene rings is 1. The molecule has 1 aromatic heterocycles. The van der Waals surface area contributed by atoms with Gasteiger partial charge in [-0.05, 0) is 12.0 Å². The number of hydrogen-bond donors (Lipinski definition) is 1. The molecule has 4 rings (SSSR count). The van der Waals surface area contributed by atoms with Crippen molar-refractivity contribution < 1.29 is 14.3 Å². The molecular formula is C25H34N6O4. The molecule has 0 radical (unpaired) electrons. The molecule has 0 spiro atoms. The monoisotopic (exact) mass is 482 g/mol. The van der Waals surface area contributed by atoms with Gasteiger partial charge < -0.3 is 19.9 Å². The molecule has 188 valence electrons. The fourth-order valence-corrected chi connectivity index (χ4v) is 4.60. The molecular weight excluding hydrogens is 448 g/mol. The number of aromatic nitrogens is 2. The van der Waals surface area contributed by atoms with Crippen LogP contribution in [0, 0.1) is 5.92 Å². The first kappa shape index (κ1) is 24.9. The first-order valence-corrected chi connectivity index (χ1v) is 12.2. The number of amides is 2. The summed E-state index contributed by atoms with van der Waals surface area (Å²) in [4.78, 5) is 43.8. The van der Waals surface area contributed by atoms with Crippen LogP contribution in [0.3, 0.4) is 0 Å². The number of nitrogens with zero attached hydrogens (tertiary/aromatic N) is 5. The van der Waals surface area contributed by atoms with Crippen LogP contribution in [0.25, 0.3) is 0 Å². The van der Waals surface area contributed by atoms with Gasteiger partial charge in [0.05, 0.1) is 37.5 Å². The van der Waals surface area contributed by atoms with E-state index in [0.29, 0.717) is 59.0 Å². The molecule has 1 atom stereocenters. The Balaban J connectivity index is 1.25. The third-order valence-corrected chi connectivity index (χ3v) is 6.61. The van der Waals surface area contributed by atoms with Gasteiger partial charge in [0.15, 0.2) is 0 Å². The molecule has 10 heteroatoms. The normalized spacial score (nSPS) is 18.6. The van der Waals surface area contributed by atoms with Gasteiger partial charge in [0.25, 0.3) is 5.56 Å². The fourth-order valence-electron chi connectivity index (χ4n) is 4.60. The molecule has 2 aromatic rings. The van der Waals surface area contributed by atoms with Gasteiger partial charge in [0.2, 0.25) is 11.8 Å². The van der Waals surface area contributed by atoms with Crippen molar-refractivity contribution in [1.82, 2.24) is 24.9 Å². The second-order valence-corrected chi connectivity index (χ2v) is 9.07. The molecule has 0 saturated carbocycles. The van der Waals surface area contributed by atoms with Crippen LogP contribution in [-0.2, 0) is 20.9 Å². The average Bonchev–Trinajstić information content (AvgIpc) is 3.36. The molecule has 2 saturated heterocycles. The van der Waals surface area contributed by atoms with Crippen molar-refractivity contribution >= 4 is 17.5 Å². The summed E-state index contributed by atoms with van der Waals surface area (Å²) in [5, 5.41) is 7.18. The Kier molecular flexibility index (Phi) is 8.49. The van der Waals surface area contributed by atoms with Crippen molar-refractivity contribution in [2.45, 2.75) is 13.0 Å². The Bertz CT molecular complexity index is 1050. The van der Waals surface area contributed by atoms with Crippen LogP contribution in [0.4, 0.5) is 5.69 Å². The van der Waals surface area contributed by atoms with Crippen LogP contribution in [0.2, 0.25) is 0 Å². The van der Waals surface area contributed by atoms with E-state index in [2.05, 4.69) is 20.2 Å². The molecule has 2 aliphatic rings. The summed E-state index contributed by atoms with van der Waals surface area (Å²) in [7, 11) is 1.60. The van der Waals surface area contributed by atoms with E-state index >= 15 is 0 Å². The highest BCUT2D eigenvalue weighted by molar-refractivity contribution is 5.80. The maximum Gasteiger partial charge on any atom is 0.269 e. The Hall–Kier alpha value is -3.24. The van der Waals surface area contributed by atoms with Crippen molar-refractivity contribution in [3.8, 4) is 0 Å². The smallest absolute Gasteiger partial charge is 0.269 e. The number of ether oxygens (including phenoxy) is 1. The molecule has 2 aliphatic heterocycles. The molecule has 3 heterocycles.